The Morgan fingerprint density at radius 3 is 3.04 bits per heavy atom. The summed E-state index contributed by atoms with van der Waals surface area (Å²) in [6.07, 6.45) is 6.58. The summed E-state index contributed by atoms with van der Waals surface area (Å²) < 4.78 is 0. The van der Waals surface area contributed by atoms with Gasteiger partial charge in [0.15, 0.2) is 0 Å². The van der Waals surface area contributed by atoms with E-state index in [9.17, 15) is 10.1 Å². The minimum atomic E-state index is 0.0345. The Labute approximate surface area is 146 Å². The van der Waals surface area contributed by atoms with E-state index in [1.165, 1.54) is 0 Å². The van der Waals surface area contributed by atoms with Crippen molar-refractivity contribution in [1.82, 2.24) is 20.2 Å². The zero-order chi connectivity index (χ0) is 17.4. The molecule has 1 saturated carbocycles. The standard InChI is InChI=1S/C18H22N6O/c1-2-11-9-24(18(25)22-13-3-4-13)10-15(11)23-16-12(7-19)8-21-17-14(16)5-6-20-17/h5-6,8,11,13,15H,2-4,9-10H2,1H3,(H,22,25)(H2,20,21,23)/t11-,15+/m1/s1. The minimum absolute atomic E-state index is 0.0345. The molecule has 7 nitrogen and oxygen atoms in total. The number of pyridine rings is 1. The Bertz CT molecular complexity index is 834. The smallest absolute Gasteiger partial charge is 0.317 e. The van der Waals surface area contributed by atoms with Crippen LogP contribution in [-0.2, 0) is 0 Å². The number of H-pyrrole nitrogens is 1. The number of aromatic amines is 1. The number of amides is 2. The quantitative estimate of drug-likeness (QED) is 0.797. The lowest BCUT2D eigenvalue weighted by atomic mass is 10.00. The highest BCUT2D eigenvalue weighted by Crippen LogP contribution is 2.30. The topological polar surface area (TPSA) is 96.8 Å². The summed E-state index contributed by atoms with van der Waals surface area (Å²) in [6.45, 7) is 3.54. The van der Waals surface area contributed by atoms with E-state index < -0.39 is 0 Å². The number of rotatable bonds is 4. The Morgan fingerprint density at radius 1 is 1.48 bits per heavy atom. The summed E-state index contributed by atoms with van der Waals surface area (Å²) in [5.74, 6) is 0.360. The summed E-state index contributed by atoms with van der Waals surface area (Å²) in [6, 6.07) is 4.68. The van der Waals surface area contributed by atoms with Crippen LogP contribution in [0.15, 0.2) is 18.5 Å². The van der Waals surface area contributed by atoms with Crippen molar-refractivity contribution in [3.8, 4) is 6.07 Å². The van der Waals surface area contributed by atoms with Gasteiger partial charge >= 0.3 is 6.03 Å². The normalized spacial score (nSPS) is 22.8. The van der Waals surface area contributed by atoms with Gasteiger partial charge in [-0.15, -0.1) is 0 Å². The van der Waals surface area contributed by atoms with E-state index in [1.54, 1.807) is 6.20 Å². The molecule has 1 aliphatic carbocycles. The molecule has 2 atom stereocenters. The van der Waals surface area contributed by atoms with E-state index >= 15 is 0 Å². The van der Waals surface area contributed by atoms with E-state index in [-0.39, 0.29) is 12.1 Å². The van der Waals surface area contributed by atoms with Gasteiger partial charge < -0.3 is 20.5 Å². The number of aromatic nitrogens is 2. The molecule has 25 heavy (non-hydrogen) atoms. The van der Waals surface area contributed by atoms with Crippen LogP contribution in [-0.4, -0.2) is 46.1 Å². The number of hydrogen-bond donors (Lipinski definition) is 3. The lowest BCUT2D eigenvalue weighted by Crippen LogP contribution is -2.40. The third-order valence-electron chi connectivity index (χ3n) is 5.19. The Morgan fingerprint density at radius 2 is 2.32 bits per heavy atom. The van der Waals surface area contributed by atoms with Crippen molar-refractivity contribution >= 4 is 22.8 Å². The molecule has 2 amide bonds. The highest BCUT2D eigenvalue weighted by molar-refractivity contribution is 5.92. The second kappa shape index (κ2) is 6.28. The molecule has 2 fully saturated rings. The largest absolute Gasteiger partial charge is 0.378 e. The van der Waals surface area contributed by atoms with Crippen molar-refractivity contribution in [3.05, 3.63) is 24.0 Å². The van der Waals surface area contributed by atoms with Crippen molar-refractivity contribution in [2.45, 2.75) is 38.3 Å². The van der Waals surface area contributed by atoms with Gasteiger partial charge in [-0.1, -0.05) is 6.92 Å². The molecule has 0 radical (unpaired) electrons. The van der Waals surface area contributed by atoms with Crippen molar-refractivity contribution in [2.75, 3.05) is 18.4 Å². The monoisotopic (exact) mass is 338 g/mol. The van der Waals surface area contributed by atoms with Crippen LogP contribution in [0.25, 0.3) is 11.0 Å². The fraction of sp³-hybridized carbons (Fsp3) is 0.500. The lowest BCUT2D eigenvalue weighted by molar-refractivity contribution is 0.206. The number of fused-ring (bicyclic) bond motifs is 1. The number of urea groups is 1. The average Bonchev–Trinajstić information content (AvgIpc) is 3.14. The molecule has 0 spiro atoms. The highest BCUT2D eigenvalue weighted by atomic mass is 16.2. The van der Waals surface area contributed by atoms with Gasteiger partial charge in [0.1, 0.15) is 11.7 Å². The van der Waals surface area contributed by atoms with Crippen LogP contribution in [0.1, 0.15) is 31.7 Å². The van der Waals surface area contributed by atoms with Crippen molar-refractivity contribution < 1.29 is 4.79 Å². The maximum absolute atomic E-state index is 12.4. The second-order valence-corrected chi connectivity index (χ2v) is 6.95. The Kier molecular flexibility index (Phi) is 3.96. The molecular weight excluding hydrogens is 316 g/mol. The number of likely N-dealkylation sites (tertiary alicyclic amines) is 1. The molecule has 4 rings (SSSR count). The van der Waals surface area contributed by atoms with Gasteiger partial charge in [-0.05, 0) is 31.2 Å². The molecule has 1 aliphatic heterocycles. The number of anilines is 1. The Balaban J connectivity index is 1.56. The molecule has 1 saturated heterocycles. The molecular formula is C18H22N6O. The van der Waals surface area contributed by atoms with Gasteiger partial charge in [-0.2, -0.15) is 5.26 Å². The maximum atomic E-state index is 12.4. The zero-order valence-electron chi connectivity index (χ0n) is 14.2. The first-order valence-corrected chi connectivity index (χ1v) is 8.87. The second-order valence-electron chi connectivity index (χ2n) is 6.95. The van der Waals surface area contributed by atoms with Crippen molar-refractivity contribution in [3.63, 3.8) is 0 Å². The van der Waals surface area contributed by atoms with Crippen molar-refractivity contribution in [1.29, 1.82) is 5.26 Å². The predicted molar refractivity (Wildman–Crippen MR) is 95.1 cm³/mol. The third-order valence-corrected chi connectivity index (χ3v) is 5.19. The molecule has 0 aromatic carbocycles. The molecule has 2 aromatic rings. The fourth-order valence-corrected chi connectivity index (χ4v) is 3.54. The molecule has 3 N–H and O–H groups in total. The average molecular weight is 338 g/mol. The van der Waals surface area contributed by atoms with Crippen molar-refractivity contribution in [2.24, 2.45) is 5.92 Å². The molecule has 2 aromatic heterocycles. The number of nitrogens with zero attached hydrogens (tertiary/aromatic N) is 3. The summed E-state index contributed by atoms with van der Waals surface area (Å²) in [4.78, 5) is 21.6. The van der Waals surface area contributed by atoms with E-state index in [0.29, 0.717) is 24.1 Å². The van der Waals surface area contributed by atoms with Crippen LogP contribution in [0.4, 0.5) is 10.5 Å². The minimum Gasteiger partial charge on any atom is -0.378 e. The summed E-state index contributed by atoms with van der Waals surface area (Å²) in [5.41, 5.74) is 2.10. The van der Waals surface area contributed by atoms with E-state index in [2.05, 4.69) is 33.6 Å². The van der Waals surface area contributed by atoms with Gasteiger partial charge in [0, 0.05) is 43.0 Å². The predicted octanol–water partition coefficient (Wildman–Crippen LogP) is 2.43. The SMILES string of the molecule is CC[C@@H]1CN(C(=O)NC2CC2)C[C@@H]1Nc1c(C#N)cnc2[nH]ccc12. The van der Waals surface area contributed by atoms with Crippen LogP contribution in [0.2, 0.25) is 0 Å². The van der Waals surface area contributed by atoms with Gasteiger partial charge in [-0.3, -0.25) is 0 Å². The van der Waals surface area contributed by atoms with E-state index in [4.69, 9.17) is 0 Å². The number of nitriles is 1. The van der Waals surface area contributed by atoms with Crippen LogP contribution < -0.4 is 10.6 Å². The van der Waals surface area contributed by atoms with E-state index in [1.807, 2.05) is 17.2 Å². The number of hydrogen-bond acceptors (Lipinski definition) is 4. The maximum Gasteiger partial charge on any atom is 0.317 e. The van der Waals surface area contributed by atoms with Crippen LogP contribution in [0.5, 0.6) is 0 Å². The lowest BCUT2D eigenvalue weighted by Gasteiger charge is -2.21. The third kappa shape index (κ3) is 3.00. The number of carbonyl (C=O) groups excluding carboxylic acids is 1. The molecule has 130 valence electrons. The number of carbonyl (C=O) groups is 1. The van der Waals surface area contributed by atoms with Gasteiger partial charge in [0.25, 0.3) is 0 Å². The first-order valence-electron chi connectivity index (χ1n) is 8.87. The highest BCUT2D eigenvalue weighted by Gasteiger charge is 2.36. The van der Waals surface area contributed by atoms with Crippen LogP contribution in [0, 0.1) is 17.2 Å². The van der Waals surface area contributed by atoms with Gasteiger partial charge in [-0.25, -0.2) is 9.78 Å². The summed E-state index contributed by atoms with van der Waals surface area (Å²) >= 11 is 0. The summed E-state index contributed by atoms with van der Waals surface area (Å²) in [5, 5.41) is 17.0. The van der Waals surface area contributed by atoms with Crippen LogP contribution in [0.3, 0.4) is 0 Å². The van der Waals surface area contributed by atoms with Crippen LogP contribution >= 0.6 is 0 Å². The fourth-order valence-electron chi connectivity index (χ4n) is 3.54. The molecule has 3 heterocycles. The molecule has 2 aliphatic rings. The first kappa shape index (κ1) is 15.8. The van der Waals surface area contributed by atoms with Gasteiger partial charge in [0.05, 0.1) is 11.3 Å². The molecule has 7 heteroatoms. The zero-order valence-corrected chi connectivity index (χ0v) is 14.2. The number of nitrogens with one attached hydrogen (secondary N) is 3. The first-order chi connectivity index (χ1) is 12.2. The van der Waals surface area contributed by atoms with Gasteiger partial charge in [0.2, 0.25) is 0 Å². The molecule has 0 unspecified atom stereocenters. The Hall–Kier alpha value is -2.75. The summed E-state index contributed by atoms with van der Waals surface area (Å²) in [7, 11) is 0. The molecule has 0 bridgehead atoms. The van der Waals surface area contributed by atoms with E-state index in [0.717, 1.165) is 42.5 Å².